The number of rotatable bonds is 3. The van der Waals surface area contributed by atoms with Gasteiger partial charge in [0, 0.05) is 51.3 Å². The average molecular weight is 345 g/mol. The van der Waals surface area contributed by atoms with Crippen molar-refractivity contribution < 1.29 is 9.53 Å². The van der Waals surface area contributed by atoms with E-state index in [0.29, 0.717) is 5.91 Å². The fourth-order valence-corrected chi connectivity index (χ4v) is 4.06. The summed E-state index contributed by atoms with van der Waals surface area (Å²) in [5.41, 5.74) is 0. The zero-order valence-corrected chi connectivity index (χ0v) is 14.8. The predicted octanol–water partition coefficient (Wildman–Crippen LogP) is 1.15. The highest BCUT2D eigenvalue weighted by Gasteiger charge is 2.29. The van der Waals surface area contributed by atoms with Crippen molar-refractivity contribution in [2.24, 2.45) is 5.92 Å². The van der Waals surface area contributed by atoms with Gasteiger partial charge in [-0.05, 0) is 12.8 Å². The zero-order valence-electron chi connectivity index (χ0n) is 14.8. The summed E-state index contributed by atoms with van der Waals surface area (Å²) in [6, 6.07) is 2.07. The quantitative estimate of drug-likeness (QED) is 0.819. The molecule has 0 N–H and O–H groups in total. The SMILES string of the molecule is O=C(C1CCCC1)N1CCN(c2cc(N3CCOCC3)ncn2)CC1. The standard InChI is InChI=1S/C18H27N5O2/c24-18(15-3-1-2-4-15)23-7-5-21(6-8-23)16-13-17(20-14-19-16)22-9-11-25-12-10-22/h13-15H,1-12H2. The van der Waals surface area contributed by atoms with Crippen LogP contribution in [0.3, 0.4) is 0 Å². The molecule has 3 fully saturated rings. The molecule has 1 aromatic heterocycles. The summed E-state index contributed by atoms with van der Waals surface area (Å²) in [5.74, 6) is 2.58. The van der Waals surface area contributed by atoms with Gasteiger partial charge in [-0.2, -0.15) is 0 Å². The smallest absolute Gasteiger partial charge is 0.225 e. The van der Waals surface area contributed by atoms with Gasteiger partial charge in [0.05, 0.1) is 13.2 Å². The minimum Gasteiger partial charge on any atom is -0.378 e. The molecule has 1 amide bonds. The average Bonchev–Trinajstić information content (AvgIpc) is 3.23. The number of amides is 1. The molecule has 0 radical (unpaired) electrons. The van der Waals surface area contributed by atoms with Crippen LogP contribution in [0.1, 0.15) is 25.7 Å². The Kier molecular flexibility index (Phi) is 5.01. The van der Waals surface area contributed by atoms with E-state index >= 15 is 0 Å². The second-order valence-corrected chi connectivity index (χ2v) is 7.13. The number of nitrogens with zero attached hydrogens (tertiary/aromatic N) is 5. The van der Waals surface area contributed by atoms with Crippen molar-refractivity contribution in [2.45, 2.75) is 25.7 Å². The van der Waals surface area contributed by atoms with Crippen LogP contribution in [0.15, 0.2) is 12.4 Å². The molecule has 7 nitrogen and oxygen atoms in total. The largest absolute Gasteiger partial charge is 0.378 e. The molecule has 0 bridgehead atoms. The van der Waals surface area contributed by atoms with Gasteiger partial charge in [0.25, 0.3) is 0 Å². The van der Waals surface area contributed by atoms with E-state index < -0.39 is 0 Å². The third-order valence-corrected chi connectivity index (χ3v) is 5.59. The molecule has 25 heavy (non-hydrogen) atoms. The molecule has 0 atom stereocenters. The summed E-state index contributed by atoms with van der Waals surface area (Å²) in [6.45, 7) is 6.54. The van der Waals surface area contributed by atoms with Crippen LogP contribution in [0.25, 0.3) is 0 Å². The summed E-state index contributed by atoms with van der Waals surface area (Å²) < 4.78 is 5.41. The van der Waals surface area contributed by atoms with Gasteiger partial charge in [0.15, 0.2) is 0 Å². The molecular weight excluding hydrogens is 318 g/mol. The van der Waals surface area contributed by atoms with Crippen molar-refractivity contribution in [2.75, 3.05) is 62.3 Å². The number of hydrogen-bond donors (Lipinski definition) is 0. The van der Waals surface area contributed by atoms with Crippen LogP contribution in [0.5, 0.6) is 0 Å². The summed E-state index contributed by atoms with van der Waals surface area (Å²) in [6.07, 6.45) is 6.22. The lowest BCUT2D eigenvalue weighted by Crippen LogP contribution is -2.50. The molecule has 136 valence electrons. The molecule has 0 aromatic carbocycles. The van der Waals surface area contributed by atoms with Gasteiger partial charge in [-0.15, -0.1) is 0 Å². The molecule has 0 unspecified atom stereocenters. The van der Waals surface area contributed by atoms with E-state index in [1.807, 2.05) is 0 Å². The van der Waals surface area contributed by atoms with Gasteiger partial charge in [0.2, 0.25) is 5.91 Å². The first-order valence-electron chi connectivity index (χ1n) is 9.50. The number of ether oxygens (including phenoxy) is 1. The van der Waals surface area contributed by atoms with Crippen molar-refractivity contribution in [3.05, 3.63) is 12.4 Å². The molecule has 4 rings (SSSR count). The van der Waals surface area contributed by atoms with Gasteiger partial charge in [-0.25, -0.2) is 9.97 Å². The number of aromatic nitrogens is 2. The molecule has 2 saturated heterocycles. The maximum atomic E-state index is 12.6. The monoisotopic (exact) mass is 345 g/mol. The molecule has 2 aliphatic heterocycles. The van der Waals surface area contributed by atoms with Crippen LogP contribution < -0.4 is 9.80 Å². The van der Waals surface area contributed by atoms with Crippen LogP contribution >= 0.6 is 0 Å². The lowest BCUT2D eigenvalue weighted by Gasteiger charge is -2.37. The number of anilines is 2. The van der Waals surface area contributed by atoms with Crippen LogP contribution in [0, 0.1) is 5.92 Å². The number of morpholine rings is 1. The first kappa shape index (κ1) is 16.6. The number of hydrogen-bond acceptors (Lipinski definition) is 6. The lowest BCUT2D eigenvalue weighted by atomic mass is 10.1. The summed E-state index contributed by atoms with van der Waals surface area (Å²) in [4.78, 5) is 28.0. The highest BCUT2D eigenvalue weighted by atomic mass is 16.5. The molecule has 1 aliphatic carbocycles. The first-order chi connectivity index (χ1) is 12.3. The Morgan fingerprint density at radius 1 is 0.920 bits per heavy atom. The van der Waals surface area contributed by atoms with Gasteiger partial charge >= 0.3 is 0 Å². The Hall–Kier alpha value is -1.89. The van der Waals surface area contributed by atoms with Crippen molar-refractivity contribution in [3.8, 4) is 0 Å². The third kappa shape index (κ3) is 3.71. The van der Waals surface area contributed by atoms with Crippen molar-refractivity contribution in [1.29, 1.82) is 0 Å². The number of carbonyl (C=O) groups excluding carboxylic acids is 1. The van der Waals surface area contributed by atoms with E-state index in [-0.39, 0.29) is 5.92 Å². The fourth-order valence-electron chi connectivity index (χ4n) is 4.06. The van der Waals surface area contributed by atoms with Crippen LogP contribution in [0.2, 0.25) is 0 Å². The van der Waals surface area contributed by atoms with E-state index in [1.54, 1.807) is 6.33 Å². The molecule has 3 heterocycles. The zero-order chi connectivity index (χ0) is 17.1. The maximum absolute atomic E-state index is 12.6. The van der Waals surface area contributed by atoms with Crippen molar-refractivity contribution in [3.63, 3.8) is 0 Å². The highest BCUT2D eigenvalue weighted by molar-refractivity contribution is 5.79. The van der Waals surface area contributed by atoms with Gasteiger partial charge in [0.1, 0.15) is 18.0 Å². The molecular formula is C18H27N5O2. The number of carbonyl (C=O) groups is 1. The highest BCUT2D eigenvalue weighted by Crippen LogP contribution is 2.27. The van der Waals surface area contributed by atoms with Crippen LogP contribution in [-0.2, 0) is 9.53 Å². The van der Waals surface area contributed by atoms with E-state index in [2.05, 4.69) is 30.7 Å². The Morgan fingerprint density at radius 3 is 2.16 bits per heavy atom. The maximum Gasteiger partial charge on any atom is 0.225 e. The molecule has 1 saturated carbocycles. The Balaban J connectivity index is 1.36. The van der Waals surface area contributed by atoms with E-state index in [0.717, 1.165) is 77.0 Å². The summed E-state index contributed by atoms with van der Waals surface area (Å²) in [7, 11) is 0. The Morgan fingerprint density at radius 2 is 1.52 bits per heavy atom. The molecule has 1 aromatic rings. The second-order valence-electron chi connectivity index (χ2n) is 7.13. The van der Waals surface area contributed by atoms with Crippen LogP contribution in [0.4, 0.5) is 11.6 Å². The fraction of sp³-hybridized carbons (Fsp3) is 0.722. The minimum absolute atomic E-state index is 0.276. The van der Waals surface area contributed by atoms with E-state index in [9.17, 15) is 4.79 Å². The normalized spacial score (nSPS) is 22.5. The minimum atomic E-state index is 0.276. The van der Waals surface area contributed by atoms with E-state index in [1.165, 1.54) is 12.8 Å². The Labute approximate surface area is 149 Å². The summed E-state index contributed by atoms with van der Waals surface area (Å²) >= 11 is 0. The second kappa shape index (κ2) is 7.56. The van der Waals surface area contributed by atoms with Crippen molar-refractivity contribution >= 4 is 17.5 Å². The van der Waals surface area contributed by atoms with Gasteiger partial charge in [-0.1, -0.05) is 12.8 Å². The molecule has 3 aliphatic rings. The van der Waals surface area contributed by atoms with Crippen LogP contribution in [-0.4, -0.2) is 73.3 Å². The molecule has 0 spiro atoms. The Bertz CT molecular complexity index is 591. The molecule has 7 heteroatoms. The summed E-state index contributed by atoms with van der Waals surface area (Å²) in [5, 5.41) is 0. The van der Waals surface area contributed by atoms with Gasteiger partial charge < -0.3 is 19.4 Å². The predicted molar refractivity (Wildman–Crippen MR) is 95.8 cm³/mol. The lowest BCUT2D eigenvalue weighted by molar-refractivity contribution is -0.135. The van der Waals surface area contributed by atoms with Gasteiger partial charge in [-0.3, -0.25) is 4.79 Å². The van der Waals surface area contributed by atoms with Crippen molar-refractivity contribution in [1.82, 2.24) is 14.9 Å². The topological polar surface area (TPSA) is 61.8 Å². The third-order valence-electron chi connectivity index (χ3n) is 5.59. The first-order valence-corrected chi connectivity index (χ1v) is 9.50. The number of piperazine rings is 1. The van der Waals surface area contributed by atoms with E-state index in [4.69, 9.17) is 4.74 Å².